The second kappa shape index (κ2) is 7.42. The van der Waals surface area contributed by atoms with Crippen molar-refractivity contribution in [2.45, 2.75) is 25.6 Å². The van der Waals surface area contributed by atoms with Gasteiger partial charge in [-0.3, -0.25) is 4.79 Å². The second-order valence-corrected chi connectivity index (χ2v) is 7.19. The molecule has 0 saturated carbocycles. The van der Waals surface area contributed by atoms with Crippen LogP contribution in [-0.4, -0.2) is 48.0 Å². The number of aryl methyl sites for hydroxylation is 1. The Morgan fingerprint density at radius 3 is 2.70 bits per heavy atom. The number of piperidine rings is 1. The number of nitrogens with one attached hydrogen (secondary N) is 1. The van der Waals surface area contributed by atoms with E-state index in [1.165, 1.54) is 0 Å². The molecule has 1 N–H and O–H groups in total. The summed E-state index contributed by atoms with van der Waals surface area (Å²) in [7, 11) is 0. The van der Waals surface area contributed by atoms with Gasteiger partial charge in [-0.15, -0.1) is 0 Å². The SMILES string of the molecule is Cc1ccc(Cl)cc1NC(=O)c1ccnc(N2CCC3(CC2)OCCO3)n1. The number of anilines is 2. The lowest BCUT2D eigenvalue weighted by molar-refractivity contribution is -0.169. The third-order valence-corrected chi connectivity index (χ3v) is 5.18. The normalized spacial score (nSPS) is 18.7. The molecule has 1 spiro atoms. The smallest absolute Gasteiger partial charge is 0.274 e. The first-order valence-electron chi connectivity index (χ1n) is 8.98. The number of amides is 1. The number of halogens is 1. The molecule has 2 aliphatic rings. The highest BCUT2D eigenvalue weighted by atomic mass is 35.5. The van der Waals surface area contributed by atoms with E-state index in [4.69, 9.17) is 21.1 Å². The minimum atomic E-state index is -0.449. The van der Waals surface area contributed by atoms with E-state index >= 15 is 0 Å². The van der Waals surface area contributed by atoms with Crippen molar-refractivity contribution >= 4 is 29.1 Å². The number of rotatable bonds is 3. The number of carbonyl (C=O) groups excluding carboxylic acids is 1. The van der Waals surface area contributed by atoms with Crippen molar-refractivity contribution in [3.05, 3.63) is 46.7 Å². The molecule has 2 saturated heterocycles. The Morgan fingerprint density at radius 1 is 1.22 bits per heavy atom. The predicted octanol–water partition coefficient (Wildman–Crippen LogP) is 3.03. The van der Waals surface area contributed by atoms with Crippen molar-refractivity contribution in [3.63, 3.8) is 0 Å². The highest BCUT2D eigenvalue weighted by molar-refractivity contribution is 6.31. The van der Waals surface area contributed by atoms with Crippen molar-refractivity contribution in [2.24, 2.45) is 0 Å². The monoisotopic (exact) mass is 388 g/mol. The van der Waals surface area contributed by atoms with Gasteiger partial charge in [0.25, 0.3) is 5.91 Å². The van der Waals surface area contributed by atoms with Gasteiger partial charge in [0.2, 0.25) is 5.95 Å². The van der Waals surface area contributed by atoms with Crippen LogP contribution in [0, 0.1) is 6.92 Å². The number of hydrogen-bond acceptors (Lipinski definition) is 6. The molecule has 0 aliphatic carbocycles. The van der Waals surface area contributed by atoms with E-state index in [1.54, 1.807) is 24.4 Å². The molecule has 0 unspecified atom stereocenters. The number of nitrogens with zero attached hydrogens (tertiary/aromatic N) is 3. The van der Waals surface area contributed by atoms with Crippen LogP contribution in [0.25, 0.3) is 0 Å². The highest BCUT2D eigenvalue weighted by Crippen LogP contribution is 2.32. The lowest BCUT2D eigenvalue weighted by Crippen LogP contribution is -2.45. The van der Waals surface area contributed by atoms with E-state index in [2.05, 4.69) is 20.2 Å². The molecule has 0 bridgehead atoms. The fourth-order valence-corrected chi connectivity index (χ4v) is 3.55. The molecular formula is C19H21ClN4O3. The molecule has 27 heavy (non-hydrogen) atoms. The number of benzene rings is 1. The van der Waals surface area contributed by atoms with Crippen molar-refractivity contribution in [2.75, 3.05) is 36.5 Å². The lowest BCUT2D eigenvalue weighted by Gasteiger charge is -2.37. The summed E-state index contributed by atoms with van der Waals surface area (Å²) in [6.45, 7) is 4.65. The average Bonchev–Trinajstić information content (AvgIpc) is 3.13. The molecule has 4 rings (SSSR count). The maximum atomic E-state index is 12.6. The third-order valence-electron chi connectivity index (χ3n) is 4.94. The molecular weight excluding hydrogens is 368 g/mol. The van der Waals surface area contributed by atoms with Gasteiger partial charge in [0.1, 0.15) is 5.69 Å². The topological polar surface area (TPSA) is 76.6 Å². The number of hydrogen-bond donors (Lipinski definition) is 1. The second-order valence-electron chi connectivity index (χ2n) is 6.75. The zero-order chi connectivity index (χ0) is 18.9. The van der Waals surface area contributed by atoms with Crippen molar-refractivity contribution in [1.82, 2.24) is 9.97 Å². The molecule has 1 amide bonds. The minimum Gasteiger partial charge on any atom is -0.347 e. The summed E-state index contributed by atoms with van der Waals surface area (Å²) < 4.78 is 11.5. The first kappa shape index (κ1) is 18.2. The van der Waals surface area contributed by atoms with Gasteiger partial charge in [-0.05, 0) is 30.7 Å². The van der Waals surface area contributed by atoms with E-state index in [0.717, 1.165) is 31.5 Å². The molecule has 0 radical (unpaired) electrons. The van der Waals surface area contributed by atoms with E-state index in [-0.39, 0.29) is 5.91 Å². The molecule has 8 heteroatoms. The number of aromatic nitrogens is 2. The molecule has 0 atom stereocenters. The largest absolute Gasteiger partial charge is 0.347 e. The molecule has 7 nitrogen and oxygen atoms in total. The Bertz CT molecular complexity index is 845. The van der Waals surface area contributed by atoms with E-state index in [9.17, 15) is 4.79 Å². The summed E-state index contributed by atoms with van der Waals surface area (Å²) >= 11 is 6.02. The quantitative estimate of drug-likeness (QED) is 0.870. The van der Waals surface area contributed by atoms with E-state index < -0.39 is 5.79 Å². The maximum Gasteiger partial charge on any atom is 0.274 e. The minimum absolute atomic E-state index is 0.292. The summed E-state index contributed by atoms with van der Waals surface area (Å²) in [4.78, 5) is 23.4. The summed E-state index contributed by atoms with van der Waals surface area (Å²) in [5.74, 6) is -0.200. The van der Waals surface area contributed by atoms with Crippen molar-refractivity contribution in [1.29, 1.82) is 0 Å². The van der Waals surface area contributed by atoms with Crippen LogP contribution < -0.4 is 10.2 Å². The van der Waals surface area contributed by atoms with Crippen LogP contribution in [0.2, 0.25) is 5.02 Å². The Labute approximate surface area is 162 Å². The van der Waals surface area contributed by atoms with Crippen molar-refractivity contribution in [3.8, 4) is 0 Å². The van der Waals surface area contributed by atoms with Gasteiger partial charge in [0.05, 0.1) is 13.2 Å². The van der Waals surface area contributed by atoms with Crippen LogP contribution in [0.3, 0.4) is 0 Å². The summed E-state index contributed by atoms with van der Waals surface area (Å²) in [6, 6.07) is 6.98. The van der Waals surface area contributed by atoms with Gasteiger partial charge < -0.3 is 19.7 Å². The van der Waals surface area contributed by atoms with Crippen LogP contribution in [0.4, 0.5) is 11.6 Å². The molecule has 1 aromatic heterocycles. The average molecular weight is 389 g/mol. The van der Waals surface area contributed by atoms with Crippen LogP contribution in [-0.2, 0) is 9.47 Å². The standard InChI is InChI=1S/C19H21ClN4O3/c1-13-2-3-14(20)12-16(13)22-17(25)15-4-7-21-18(23-15)24-8-5-19(6-9-24)26-10-11-27-19/h2-4,7,12H,5-6,8-11H2,1H3,(H,22,25). The van der Waals surface area contributed by atoms with Gasteiger partial charge in [-0.25, -0.2) is 9.97 Å². The number of ether oxygens (including phenoxy) is 2. The Balaban J connectivity index is 1.46. The summed E-state index contributed by atoms with van der Waals surface area (Å²) in [6.07, 6.45) is 3.12. The van der Waals surface area contributed by atoms with Gasteiger partial charge in [0, 0.05) is 42.8 Å². The summed E-state index contributed by atoms with van der Waals surface area (Å²) in [5, 5.41) is 3.43. The van der Waals surface area contributed by atoms with Crippen LogP contribution in [0.15, 0.2) is 30.5 Å². The maximum absolute atomic E-state index is 12.6. The lowest BCUT2D eigenvalue weighted by atomic mass is 10.0. The molecule has 142 valence electrons. The Kier molecular flexibility index (Phi) is 4.99. The van der Waals surface area contributed by atoms with Gasteiger partial charge in [0.15, 0.2) is 5.79 Å². The zero-order valence-corrected chi connectivity index (χ0v) is 15.8. The Morgan fingerprint density at radius 2 is 1.96 bits per heavy atom. The van der Waals surface area contributed by atoms with Gasteiger partial charge in [-0.2, -0.15) is 0 Å². The fraction of sp³-hybridized carbons (Fsp3) is 0.421. The molecule has 2 aromatic rings. The fourth-order valence-electron chi connectivity index (χ4n) is 3.38. The third kappa shape index (κ3) is 3.90. The van der Waals surface area contributed by atoms with Gasteiger partial charge >= 0.3 is 0 Å². The predicted molar refractivity (Wildman–Crippen MR) is 102 cm³/mol. The molecule has 1 aromatic carbocycles. The number of carbonyl (C=O) groups is 1. The van der Waals surface area contributed by atoms with E-state index in [1.807, 2.05) is 13.0 Å². The molecule has 3 heterocycles. The van der Waals surface area contributed by atoms with Crippen LogP contribution >= 0.6 is 11.6 Å². The van der Waals surface area contributed by atoms with Gasteiger partial charge in [-0.1, -0.05) is 17.7 Å². The van der Waals surface area contributed by atoms with E-state index in [0.29, 0.717) is 35.6 Å². The molecule has 2 fully saturated rings. The Hall–Kier alpha value is -2.22. The molecule has 2 aliphatic heterocycles. The van der Waals surface area contributed by atoms with Crippen molar-refractivity contribution < 1.29 is 14.3 Å². The van der Waals surface area contributed by atoms with Crippen LogP contribution in [0.5, 0.6) is 0 Å². The zero-order valence-electron chi connectivity index (χ0n) is 15.1. The van der Waals surface area contributed by atoms with Crippen LogP contribution in [0.1, 0.15) is 28.9 Å². The first-order chi connectivity index (χ1) is 13.0. The first-order valence-corrected chi connectivity index (χ1v) is 9.36. The highest BCUT2D eigenvalue weighted by Gasteiger charge is 2.40. The summed E-state index contributed by atoms with van der Waals surface area (Å²) in [5.41, 5.74) is 1.91.